The van der Waals surface area contributed by atoms with E-state index in [-0.39, 0.29) is 24.7 Å². The molecule has 2 rings (SSSR count). The molecule has 5 atom stereocenters. The van der Waals surface area contributed by atoms with Crippen LogP contribution in [0.15, 0.2) is 0 Å². The fourth-order valence-electron chi connectivity index (χ4n) is 4.32. The van der Waals surface area contributed by atoms with Gasteiger partial charge in [-0.25, -0.2) is 0 Å². The second kappa shape index (κ2) is 5.65. The Labute approximate surface area is 121 Å². The van der Waals surface area contributed by atoms with Gasteiger partial charge in [0.25, 0.3) is 0 Å². The highest BCUT2D eigenvalue weighted by Gasteiger charge is 2.53. The number of halogens is 6. The van der Waals surface area contributed by atoms with Crippen LogP contribution in [0.2, 0.25) is 0 Å². The van der Waals surface area contributed by atoms with Crippen LogP contribution in [0.3, 0.4) is 0 Å². The lowest BCUT2D eigenvalue weighted by Crippen LogP contribution is -2.40. The van der Waals surface area contributed by atoms with Gasteiger partial charge in [-0.1, -0.05) is 20.3 Å². The lowest BCUT2D eigenvalue weighted by Gasteiger charge is -2.40. The molecule has 0 N–H and O–H groups in total. The first kappa shape index (κ1) is 16.9. The lowest BCUT2D eigenvalue weighted by molar-refractivity contribution is -0.231. The van der Waals surface area contributed by atoms with E-state index in [0.29, 0.717) is 5.92 Å². The minimum absolute atomic E-state index is 0.00926. The SMILES string of the molecule is CC1CCC(C2CC(C(F)(F)F)CC(C(F)(F)F)C2)C1C. The number of rotatable bonds is 1. The van der Waals surface area contributed by atoms with Gasteiger partial charge in [0.05, 0.1) is 11.8 Å². The predicted octanol–water partition coefficient (Wildman–Crippen LogP) is 5.83. The van der Waals surface area contributed by atoms with Gasteiger partial charge in [-0.15, -0.1) is 0 Å². The molecule has 0 aromatic carbocycles. The van der Waals surface area contributed by atoms with Crippen molar-refractivity contribution in [2.75, 3.05) is 0 Å². The van der Waals surface area contributed by atoms with E-state index in [1.54, 1.807) is 0 Å². The van der Waals surface area contributed by atoms with Gasteiger partial charge in [0, 0.05) is 0 Å². The summed E-state index contributed by atoms with van der Waals surface area (Å²) in [6, 6.07) is 0. The molecule has 2 fully saturated rings. The Bertz CT molecular complexity index is 336. The van der Waals surface area contributed by atoms with Gasteiger partial charge in [0.1, 0.15) is 0 Å². The molecule has 0 spiro atoms. The van der Waals surface area contributed by atoms with Gasteiger partial charge in [-0.3, -0.25) is 0 Å². The molecule has 0 aromatic heterocycles. The van der Waals surface area contributed by atoms with Crippen molar-refractivity contribution in [2.24, 2.45) is 35.5 Å². The molecule has 0 aromatic rings. The van der Waals surface area contributed by atoms with E-state index in [9.17, 15) is 26.3 Å². The molecule has 0 bridgehead atoms. The number of hydrogen-bond donors (Lipinski definition) is 0. The second-order valence-corrected chi connectivity index (χ2v) is 7.02. The minimum atomic E-state index is -4.52. The van der Waals surface area contributed by atoms with Crippen LogP contribution in [-0.4, -0.2) is 12.4 Å². The van der Waals surface area contributed by atoms with Crippen LogP contribution < -0.4 is 0 Å². The number of hydrogen-bond acceptors (Lipinski definition) is 0. The van der Waals surface area contributed by atoms with Gasteiger partial charge in [-0.2, -0.15) is 26.3 Å². The first-order valence-corrected chi connectivity index (χ1v) is 7.63. The second-order valence-electron chi connectivity index (χ2n) is 7.02. The maximum absolute atomic E-state index is 13.0. The monoisotopic (exact) mass is 316 g/mol. The number of alkyl halides is 6. The smallest absolute Gasteiger partial charge is 0.171 e. The zero-order valence-electron chi connectivity index (χ0n) is 12.3. The van der Waals surface area contributed by atoms with Crippen molar-refractivity contribution >= 4 is 0 Å². The average molecular weight is 316 g/mol. The Morgan fingerprint density at radius 1 is 0.714 bits per heavy atom. The molecule has 5 unspecified atom stereocenters. The molecule has 2 saturated carbocycles. The van der Waals surface area contributed by atoms with Crippen molar-refractivity contribution in [1.82, 2.24) is 0 Å². The molecule has 0 amide bonds. The van der Waals surface area contributed by atoms with E-state index in [0.717, 1.165) is 12.8 Å². The van der Waals surface area contributed by atoms with Gasteiger partial charge in [-0.05, 0) is 49.4 Å². The first-order valence-electron chi connectivity index (χ1n) is 7.63. The van der Waals surface area contributed by atoms with Crippen LogP contribution in [0.25, 0.3) is 0 Å². The Kier molecular flexibility index (Phi) is 4.56. The highest BCUT2D eigenvalue weighted by Crippen LogP contribution is 2.53. The van der Waals surface area contributed by atoms with E-state index in [1.165, 1.54) is 0 Å². The maximum Gasteiger partial charge on any atom is 0.391 e. The Morgan fingerprint density at radius 3 is 1.52 bits per heavy atom. The largest absolute Gasteiger partial charge is 0.391 e. The van der Waals surface area contributed by atoms with Crippen LogP contribution in [0.1, 0.15) is 46.0 Å². The third-order valence-corrected chi connectivity index (χ3v) is 5.80. The van der Waals surface area contributed by atoms with Crippen molar-refractivity contribution in [1.29, 1.82) is 0 Å². The van der Waals surface area contributed by atoms with Crippen molar-refractivity contribution < 1.29 is 26.3 Å². The molecule has 6 heteroatoms. The van der Waals surface area contributed by atoms with Crippen molar-refractivity contribution in [3.05, 3.63) is 0 Å². The third kappa shape index (κ3) is 3.67. The van der Waals surface area contributed by atoms with Gasteiger partial charge < -0.3 is 0 Å². The van der Waals surface area contributed by atoms with E-state index < -0.39 is 36.5 Å². The molecule has 2 aliphatic rings. The third-order valence-electron chi connectivity index (χ3n) is 5.80. The Hall–Kier alpha value is -0.420. The summed E-state index contributed by atoms with van der Waals surface area (Å²) >= 11 is 0. The van der Waals surface area contributed by atoms with Crippen molar-refractivity contribution in [3.8, 4) is 0 Å². The van der Waals surface area contributed by atoms with Gasteiger partial charge in [0.15, 0.2) is 0 Å². The first-order chi connectivity index (χ1) is 9.50. The fourth-order valence-corrected chi connectivity index (χ4v) is 4.32. The fraction of sp³-hybridized carbons (Fsp3) is 1.00. The molecule has 0 aliphatic heterocycles. The van der Waals surface area contributed by atoms with Gasteiger partial charge >= 0.3 is 12.4 Å². The lowest BCUT2D eigenvalue weighted by atomic mass is 9.67. The van der Waals surface area contributed by atoms with Crippen LogP contribution in [0.4, 0.5) is 26.3 Å². The van der Waals surface area contributed by atoms with E-state index >= 15 is 0 Å². The average Bonchev–Trinajstić information content (AvgIpc) is 2.67. The molecular weight excluding hydrogens is 294 g/mol. The molecular formula is C15H22F6. The summed E-state index contributed by atoms with van der Waals surface area (Å²) in [6.07, 6.45) is -8.40. The quantitative estimate of drug-likeness (QED) is 0.534. The molecule has 2 aliphatic carbocycles. The summed E-state index contributed by atoms with van der Waals surface area (Å²) in [5.41, 5.74) is 0. The zero-order valence-corrected chi connectivity index (χ0v) is 12.3. The van der Waals surface area contributed by atoms with Crippen molar-refractivity contribution in [3.63, 3.8) is 0 Å². The molecule has 124 valence electrons. The maximum atomic E-state index is 13.0. The van der Waals surface area contributed by atoms with E-state index in [1.807, 2.05) is 13.8 Å². The highest BCUT2D eigenvalue weighted by atomic mass is 19.4. The van der Waals surface area contributed by atoms with Crippen LogP contribution in [-0.2, 0) is 0 Å². The normalized spacial score (nSPS) is 42.3. The van der Waals surface area contributed by atoms with Crippen LogP contribution in [0.5, 0.6) is 0 Å². The zero-order chi connectivity index (χ0) is 16.0. The van der Waals surface area contributed by atoms with Crippen molar-refractivity contribution in [2.45, 2.75) is 58.3 Å². The van der Waals surface area contributed by atoms with Crippen LogP contribution >= 0.6 is 0 Å². The Morgan fingerprint density at radius 2 is 1.19 bits per heavy atom. The Balaban J connectivity index is 2.17. The minimum Gasteiger partial charge on any atom is -0.171 e. The molecule has 0 radical (unpaired) electrons. The molecule has 0 nitrogen and oxygen atoms in total. The summed E-state index contributed by atoms with van der Waals surface area (Å²) in [5, 5.41) is 0. The highest BCUT2D eigenvalue weighted by molar-refractivity contribution is 4.92. The van der Waals surface area contributed by atoms with Gasteiger partial charge in [0.2, 0.25) is 0 Å². The topological polar surface area (TPSA) is 0 Å². The summed E-state index contributed by atoms with van der Waals surface area (Å²) in [5.74, 6) is -3.43. The molecule has 0 saturated heterocycles. The van der Waals surface area contributed by atoms with Crippen LogP contribution in [0, 0.1) is 35.5 Å². The summed E-state index contributed by atoms with van der Waals surface area (Å²) < 4.78 is 77.8. The van der Waals surface area contributed by atoms with E-state index in [4.69, 9.17) is 0 Å². The summed E-state index contributed by atoms with van der Waals surface area (Å²) in [7, 11) is 0. The summed E-state index contributed by atoms with van der Waals surface area (Å²) in [6.45, 7) is 4.01. The molecule has 21 heavy (non-hydrogen) atoms. The summed E-state index contributed by atoms with van der Waals surface area (Å²) in [4.78, 5) is 0. The standard InChI is InChI=1S/C15H22F6/c1-8-3-4-13(9(8)2)10-5-11(14(16,17)18)7-12(6-10)15(19,20)21/h8-13H,3-7H2,1-2H3. The predicted molar refractivity (Wildman–Crippen MR) is 67.5 cm³/mol. The molecule has 0 heterocycles. The van der Waals surface area contributed by atoms with E-state index in [2.05, 4.69) is 0 Å².